The highest BCUT2D eigenvalue weighted by Gasteiger charge is 2.35. The van der Waals surface area contributed by atoms with E-state index in [-0.39, 0.29) is 0 Å². The lowest BCUT2D eigenvalue weighted by molar-refractivity contribution is 0.239. The molecule has 0 aliphatic carbocycles. The molecule has 0 amide bonds. The van der Waals surface area contributed by atoms with Crippen LogP contribution in [0.15, 0.2) is 0 Å². The molecule has 1 N–H and O–H groups in total. The molecule has 1 rings (SSSR count). The van der Waals surface area contributed by atoms with Crippen molar-refractivity contribution in [3.63, 3.8) is 0 Å². The van der Waals surface area contributed by atoms with Gasteiger partial charge in [0.2, 0.25) is 0 Å². The summed E-state index contributed by atoms with van der Waals surface area (Å²) in [5.41, 5.74) is 0.495. The predicted molar refractivity (Wildman–Crippen MR) is 49.7 cm³/mol. The Morgan fingerprint density at radius 3 is 2.55 bits per heavy atom. The summed E-state index contributed by atoms with van der Waals surface area (Å²) in [4.78, 5) is 0. The van der Waals surface area contributed by atoms with Gasteiger partial charge in [0.05, 0.1) is 0 Å². The minimum Gasteiger partial charge on any atom is -0.311 e. The van der Waals surface area contributed by atoms with Crippen molar-refractivity contribution in [2.75, 3.05) is 6.54 Å². The average Bonchev–Trinajstić information content (AvgIpc) is 2.52. The van der Waals surface area contributed by atoms with Crippen LogP contribution in [0.5, 0.6) is 0 Å². The van der Waals surface area contributed by atoms with Crippen LogP contribution < -0.4 is 5.32 Å². The SMILES string of the molecule is CCC(C)C1(CC)CCCN1. The summed E-state index contributed by atoms with van der Waals surface area (Å²) in [5, 5.41) is 3.67. The summed E-state index contributed by atoms with van der Waals surface area (Å²) >= 11 is 0. The van der Waals surface area contributed by atoms with E-state index in [0.29, 0.717) is 5.54 Å². The number of rotatable bonds is 3. The maximum Gasteiger partial charge on any atom is 0.0204 e. The molecule has 0 aromatic rings. The highest BCUT2D eigenvalue weighted by atomic mass is 15.0. The predicted octanol–water partition coefficient (Wildman–Crippen LogP) is 2.56. The summed E-state index contributed by atoms with van der Waals surface area (Å²) in [6, 6.07) is 0. The molecule has 1 aliphatic rings. The van der Waals surface area contributed by atoms with Gasteiger partial charge in [-0.1, -0.05) is 27.2 Å². The molecule has 0 spiro atoms. The lowest BCUT2D eigenvalue weighted by Crippen LogP contribution is -2.44. The molecule has 0 bridgehead atoms. The fraction of sp³-hybridized carbons (Fsp3) is 1.00. The van der Waals surface area contributed by atoms with Crippen molar-refractivity contribution >= 4 is 0 Å². The highest BCUT2D eigenvalue weighted by Crippen LogP contribution is 2.32. The first-order valence-electron chi connectivity index (χ1n) is 5.00. The Bertz CT molecular complexity index is 114. The van der Waals surface area contributed by atoms with Crippen LogP contribution in [0.2, 0.25) is 0 Å². The Hall–Kier alpha value is -0.0400. The van der Waals surface area contributed by atoms with E-state index in [4.69, 9.17) is 0 Å². The fourth-order valence-corrected chi connectivity index (χ4v) is 2.29. The molecule has 1 heteroatoms. The molecule has 0 radical (unpaired) electrons. The Morgan fingerprint density at radius 1 is 1.45 bits per heavy atom. The van der Waals surface area contributed by atoms with E-state index in [1.807, 2.05) is 0 Å². The first-order valence-corrected chi connectivity index (χ1v) is 5.00. The third kappa shape index (κ3) is 1.58. The van der Waals surface area contributed by atoms with Crippen LogP contribution in [0.4, 0.5) is 0 Å². The van der Waals surface area contributed by atoms with Crippen LogP contribution >= 0.6 is 0 Å². The summed E-state index contributed by atoms with van der Waals surface area (Å²) < 4.78 is 0. The van der Waals surface area contributed by atoms with E-state index in [1.54, 1.807) is 0 Å². The molecule has 66 valence electrons. The molecule has 1 heterocycles. The molecular weight excluding hydrogens is 134 g/mol. The molecule has 11 heavy (non-hydrogen) atoms. The second-order valence-electron chi connectivity index (χ2n) is 3.85. The van der Waals surface area contributed by atoms with Crippen molar-refractivity contribution in [3.05, 3.63) is 0 Å². The molecule has 0 aromatic heterocycles. The van der Waals surface area contributed by atoms with Crippen molar-refractivity contribution in [3.8, 4) is 0 Å². The number of hydrogen-bond donors (Lipinski definition) is 1. The topological polar surface area (TPSA) is 12.0 Å². The highest BCUT2D eigenvalue weighted by molar-refractivity contribution is 4.95. The number of nitrogens with one attached hydrogen (secondary N) is 1. The molecule has 0 aromatic carbocycles. The van der Waals surface area contributed by atoms with Gasteiger partial charge in [0.15, 0.2) is 0 Å². The van der Waals surface area contributed by atoms with Gasteiger partial charge in [-0.05, 0) is 31.7 Å². The Kier molecular flexibility index (Phi) is 2.94. The van der Waals surface area contributed by atoms with E-state index < -0.39 is 0 Å². The first-order chi connectivity index (χ1) is 5.25. The van der Waals surface area contributed by atoms with Crippen LogP contribution in [-0.4, -0.2) is 12.1 Å². The molecule has 0 saturated carbocycles. The quantitative estimate of drug-likeness (QED) is 0.660. The zero-order chi connectivity index (χ0) is 8.32. The Labute approximate surface area is 70.6 Å². The van der Waals surface area contributed by atoms with Gasteiger partial charge in [-0.15, -0.1) is 0 Å². The van der Waals surface area contributed by atoms with E-state index in [2.05, 4.69) is 26.1 Å². The fourth-order valence-electron chi connectivity index (χ4n) is 2.29. The van der Waals surface area contributed by atoms with Gasteiger partial charge in [0, 0.05) is 5.54 Å². The van der Waals surface area contributed by atoms with Crippen LogP contribution in [0.25, 0.3) is 0 Å². The summed E-state index contributed by atoms with van der Waals surface area (Å²) in [6.07, 6.45) is 5.36. The second-order valence-corrected chi connectivity index (χ2v) is 3.85. The van der Waals surface area contributed by atoms with Crippen LogP contribution in [0, 0.1) is 5.92 Å². The van der Waals surface area contributed by atoms with Gasteiger partial charge in [0.25, 0.3) is 0 Å². The van der Waals surface area contributed by atoms with Crippen LogP contribution in [-0.2, 0) is 0 Å². The average molecular weight is 155 g/mol. The first kappa shape index (κ1) is 9.05. The molecule has 1 saturated heterocycles. The zero-order valence-electron chi connectivity index (χ0n) is 8.11. The van der Waals surface area contributed by atoms with Crippen molar-refractivity contribution in [1.29, 1.82) is 0 Å². The summed E-state index contributed by atoms with van der Waals surface area (Å²) in [7, 11) is 0. The third-order valence-corrected chi connectivity index (χ3v) is 3.46. The van der Waals surface area contributed by atoms with Crippen molar-refractivity contribution in [2.45, 2.75) is 52.0 Å². The van der Waals surface area contributed by atoms with Gasteiger partial charge in [-0.2, -0.15) is 0 Å². The van der Waals surface area contributed by atoms with E-state index >= 15 is 0 Å². The van der Waals surface area contributed by atoms with Gasteiger partial charge in [-0.25, -0.2) is 0 Å². The maximum absolute atomic E-state index is 3.67. The molecule has 2 unspecified atom stereocenters. The van der Waals surface area contributed by atoms with Crippen molar-refractivity contribution in [2.24, 2.45) is 5.92 Å². The smallest absolute Gasteiger partial charge is 0.0204 e. The third-order valence-electron chi connectivity index (χ3n) is 3.46. The Balaban J connectivity index is 2.58. The minimum atomic E-state index is 0.495. The number of hydrogen-bond acceptors (Lipinski definition) is 1. The molecule has 1 nitrogen and oxygen atoms in total. The standard InChI is InChI=1S/C10H21N/c1-4-9(3)10(5-2)7-6-8-11-10/h9,11H,4-8H2,1-3H3. The van der Waals surface area contributed by atoms with E-state index in [0.717, 1.165) is 5.92 Å². The van der Waals surface area contributed by atoms with Gasteiger partial charge >= 0.3 is 0 Å². The summed E-state index contributed by atoms with van der Waals surface area (Å²) in [5.74, 6) is 0.843. The molecule has 1 fully saturated rings. The molecule has 2 atom stereocenters. The minimum absolute atomic E-state index is 0.495. The Morgan fingerprint density at radius 2 is 2.18 bits per heavy atom. The van der Waals surface area contributed by atoms with Gasteiger partial charge in [0.1, 0.15) is 0 Å². The van der Waals surface area contributed by atoms with Crippen molar-refractivity contribution in [1.82, 2.24) is 5.32 Å². The van der Waals surface area contributed by atoms with Crippen LogP contribution in [0.3, 0.4) is 0 Å². The van der Waals surface area contributed by atoms with Gasteiger partial charge < -0.3 is 5.32 Å². The zero-order valence-corrected chi connectivity index (χ0v) is 8.11. The summed E-state index contributed by atoms with van der Waals surface area (Å²) in [6.45, 7) is 8.21. The largest absolute Gasteiger partial charge is 0.311 e. The molecular formula is C10H21N. The lowest BCUT2D eigenvalue weighted by atomic mass is 9.80. The van der Waals surface area contributed by atoms with E-state index in [9.17, 15) is 0 Å². The van der Waals surface area contributed by atoms with Gasteiger partial charge in [-0.3, -0.25) is 0 Å². The van der Waals surface area contributed by atoms with E-state index in [1.165, 1.54) is 32.2 Å². The maximum atomic E-state index is 3.67. The lowest BCUT2D eigenvalue weighted by Gasteiger charge is -2.34. The second kappa shape index (κ2) is 3.57. The normalized spacial score (nSPS) is 34.1. The van der Waals surface area contributed by atoms with Crippen molar-refractivity contribution < 1.29 is 0 Å². The van der Waals surface area contributed by atoms with Crippen LogP contribution in [0.1, 0.15) is 46.5 Å². The monoisotopic (exact) mass is 155 g/mol. The molecule has 1 aliphatic heterocycles.